The molecule has 0 saturated heterocycles. The van der Waals surface area contributed by atoms with Gasteiger partial charge in [0, 0.05) is 43.7 Å². The summed E-state index contributed by atoms with van der Waals surface area (Å²) in [6.45, 7) is -0.248. The largest absolute Gasteiger partial charge is 0.429 e. The zero-order chi connectivity index (χ0) is 15.8. The maximum absolute atomic E-state index is 11.1. The molecule has 114 valence electrons. The zero-order valence-corrected chi connectivity index (χ0v) is 8.36. The van der Waals surface area contributed by atoms with Crippen LogP contribution in [0.4, 0.5) is 45.8 Å². The Balaban J connectivity index is -0.0000000596. The summed E-state index contributed by atoms with van der Waals surface area (Å²) in [7, 11) is 1.35. The third-order valence-corrected chi connectivity index (χ3v) is 0.513. The molecule has 0 aromatic rings. The van der Waals surface area contributed by atoms with Gasteiger partial charge in [-0.05, 0) is 0 Å². The topological polar surface area (TPSA) is 59.9 Å². The highest BCUT2D eigenvalue weighted by atomic mass is 20.0. The normalized spacial score (nSPS) is 6.78. The van der Waals surface area contributed by atoms with Crippen LogP contribution in [0.1, 0.15) is 0 Å². The first kappa shape index (κ1) is 29.9. The molecule has 0 bridgehead atoms. The molecule has 0 saturated carbocycles. The maximum atomic E-state index is 11.1. The molecule has 0 unspecified atom stereocenters. The quantitative estimate of drug-likeness (QED) is 0.375. The molecule has 0 heterocycles. The summed E-state index contributed by atoms with van der Waals surface area (Å²) in [6, 6.07) is 0. The number of hydrazone groups is 1. The van der Waals surface area contributed by atoms with Gasteiger partial charge in [-0.15, -0.1) is 5.10 Å². The Kier molecular flexibility index (Phi) is 97.6. The highest BCUT2D eigenvalue weighted by Crippen LogP contribution is 1.76. The van der Waals surface area contributed by atoms with E-state index in [2.05, 4.69) is 14.6 Å². The Hall–Kier alpha value is -1.73. The van der Waals surface area contributed by atoms with E-state index in [1.54, 1.807) is 5.43 Å². The lowest BCUT2D eigenvalue weighted by Gasteiger charge is -1.99. The van der Waals surface area contributed by atoms with Gasteiger partial charge in [0.2, 0.25) is 0 Å². The average Bonchev–Trinajstić information content (AvgIpc) is 2.51. The lowest BCUT2D eigenvalue weighted by molar-refractivity contribution is 0.0121. The Bertz CT molecular complexity index is 141. The van der Waals surface area contributed by atoms with Gasteiger partial charge in [0.25, 0.3) is 0 Å². The second-order valence-electron chi connectivity index (χ2n) is 1.18. The highest BCUT2D eigenvalue weighted by molar-refractivity contribution is 5.67. The first-order valence-corrected chi connectivity index (χ1v) is 2.92. The van der Waals surface area contributed by atoms with Crippen molar-refractivity contribution in [2.45, 2.75) is 0 Å². The van der Waals surface area contributed by atoms with E-state index in [-0.39, 0.29) is 13.3 Å². The van der Waals surface area contributed by atoms with Gasteiger partial charge in [-0.1, -0.05) is 0 Å². The van der Waals surface area contributed by atoms with Gasteiger partial charge in [0.05, 0.1) is 0 Å². The number of carbonyl (C=O) groups is 1. The van der Waals surface area contributed by atoms with E-state index in [0.717, 1.165) is 0 Å². The number of ether oxygens (including phenoxy) is 2. The molecule has 0 aliphatic heterocycles. The molecule has 14 heteroatoms. The Morgan fingerprint density at radius 2 is 1.50 bits per heavy atom. The number of nitrogens with one attached hydrogen (secondary N) is 1. The lowest BCUT2D eigenvalue weighted by Crippen LogP contribution is -2.19. The number of amides is 1. The van der Waals surface area contributed by atoms with Gasteiger partial charge in [-0.25, -0.2) is 10.2 Å². The molecular weight excluding hydrogens is 295 g/mol. The molecule has 0 aliphatic carbocycles. The van der Waals surface area contributed by atoms with E-state index < -0.39 is 6.09 Å². The molecule has 18 heavy (non-hydrogen) atoms. The van der Waals surface area contributed by atoms with Crippen molar-refractivity contribution in [1.82, 2.24) is 5.43 Å². The van der Waals surface area contributed by atoms with Crippen LogP contribution >= 0.6 is 0 Å². The van der Waals surface area contributed by atoms with Crippen LogP contribution in [0.25, 0.3) is 0 Å². The number of carbonyl (C=O) groups excluding carboxylic acids is 1. The van der Waals surface area contributed by atoms with E-state index in [4.69, 9.17) is 36.6 Å². The van der Waals surface area contributed by atoms with Crippen LogP contribution in [0.2, 0.25) is 0 Å². The van der Waals surface area contributed by atoms with E-state index in [1.165, 1.54) is 7.11 Å². The second kappa shape index (κ2) is 58.8. The molecule has 0 rings (SSSR count). The number of nitrogens with zero attached hydrogens (tertiary/aromatic N) is 1. The number of rotatable bonds is 3. The van der Waals surface area contributed by atoms with Crippen molar-refractivity contribution in [2.75, 3.05) is 13.9 Å². The minimum Gasteiger partial charge on any atom is -0.421 e. The van der Waals surface area contributed by atoms with Crippen LogP contribution in [0.3, 0.4) is 0 Å². The van der Waals surface area contributed by atoms with Crippen molar-refractivity contribution in [1.29, 1.82) is 0 Å². The average molecular weight is 302 g/mol. The summed E-state index contributed by atoms with van der Waals surface area (Å²) in [6.07, 6.45) is -0.865. The first-order chi connectivity index (χ1) is 8.81. The summed E-state index contributed by atoms with van der Waals surface area (Å²) < 4.78 is 83.7. The minimum atomic E-state index is -0.865. The van der Waals surface area contributed by atoms with Crippen molar-refractivity contribution in [3.8, 4) is 0 Å². The van der Waals surface area contributed by atoms with E-state index in [9.17, 15) is 9.18 Å². The molecule has 0 radical (unpaired) electrons. The van der Waals surface area contributed by atoms with Crippen LogP contribution in [0.15, 0.2) is 5.10 Å². The molecule has 1 N–H and O–H groups in total. The van der Waals surface area contributed by atoms with Crippen LogP contribution in [0.5, 0.6) is 0 Å². The molecule has 0 atom stereocenters. The number of hydrogen-bond donors (Lipinski definition) is 1. The monoisotopic (exact) mass is 302 g/mol. The standard InChI is InChI=1S/C4H7FN2O3.4F2/c1-9-3-10-4(8)7-6-2-5;4*1-2/h2H,3H2,1H3,(H,7,8);;;;. The van der Waals surface area contributed by atoms with Gasteiger partial charge in [0.1, 0.15) is 0 Å². The summed E-state index contributed by atoms with van der Waals surface area (Å²) in [4.78, 5) is 10.3. The molecule has 0 aromatic heterocycles. The van der Waals surface area contributed by atoms with E-state index >= 15 is 0 Å². The van der Waals surface area contributed by atoms with Gasteiger partial charge >= 0.3 is 6.09 Å². The van der Waals surface area contributed by atoms with E-state index in [0.29, 0.717) is 0 Å². The number of halogens is 9. The fourth-order valence-electron chi connectivity index (χ4n) is 0.222. The molecule has 0 fully saturated rings. The van der Waals surface area contributed by atoms with Gasteiger partial charge < -0.3 is 9.47 Å². The third kappa shape index (κ3) is 63.9. The Labute approximate surface area is 93.6 Å². The highest BCUT2D eigenvalue weighted by Gasteiger charge is 1.95. The van der Waals surface area contributed by atoms with Crippen LogP contribution in [0, 0.1) is 0 Å². The molecule has 0 aromatic carbocycles. The number of hydrogen-bond acceptors (Lipinski definition) is 4. The summed E-state index contributed by atoms with van der Waals surface area (Å²) in [5.74, 6) is 0. The maximum Gasteiger partial charge on any atom is 0.429 e. The van der Waals surface area contributed by atoms with Crippen molar-refractivity contribution >= 4 is 12.6 Å². The molecule has 5 nitrogen and oxygen atoms in total. The van der Waals surface area contributed by atoms with Gasteiger partial charge in [-0.3, -0.25) is 0 Å². The van der Waals surface area contributed by atoms with Gasteiger partial charge in [0.15, 0.2) is 13.3 Å². The van der Waals surface area contributed by atoms with Crippen molar-refractivity contribution in [3.05, 3.63) is 0 Å². The Morgan fingerprint density at radius 1 is 1.11 bits per heavy atom. The first-order valence-electron chi connectivity index (χ1n) is 2.92. The number of methoxy groups -OCH3 is 1. The SMILES string of the molecule is COCOC(=O)NN=CF.FF.FF.FF.FF. The third-order valence-electron chi connectivity index (χ3n) is 0.513. The molecule has 0 spiro atoms. The smallest absolute Gasteiger partial charge is 0.421 e. The van der Waals surface area contributed by atoms with Gasteiger partial charge in [-0.2, -0.15) is 4.39 Å². The summed E-state index contributed by atoms with van der Waals surface area (Å²) >= 11 is 0. The van der Waals surface area contributed by atoms with E-state index in [1.807, 2.05) is 0 Å². The predicted molar refractivity (Wildman–Crippen MR) is 40.0 cm³/mol. The van der Waals surface area contributed by atoms with Crippen LogP contribution < -0.4 is 5.43 Å². The molecule has 1 amide bonds. The Morgan fingerprint density at radius 3 is 1.78 bits per heavy atom. The van der Waals surface area contributed by atoms with Crippen LogP contribution in [-0.4, -0.2) is 26.5 Å². The second-order valence-corrected chi connectivity index (χ2v) is 1.18. The fraction of sp³-hybridized carbons (Fsp3) is 0.500. The lowest BCUT2D eigenvalue weighted by atomic mass is 11.2. The fourth-order valence-corrected chi connectivity index (χ4v) is 0.222. The zero-order valence-electron chi connectivity index (χ0n) is 8.36. The summed E-state index contributed by atoms with van der Waals surface area (Å²) in [5, 5.41) is 2.75. The molecule has 0 aliphatic rings. The van der Waals surface area contributed by atoms with Crippen molar-refractivity contribution in [3.63, 3.8) is 0 Å². The predicted octanol–water partition coefficient (Wildman–Crippen LogP) is 3.59. The van der Waals surface area contributed by atoms with Crippen LogP contribution in [-0.2, 0) is 9.47 Å². The van der Waals surface area contributed by atoms with Crippen molar-refractivity contribution in [2.24, 2.45) is 5.10 Å². The minimum absolute atomic E-state index is 0.0614. The molecular formula is C4H7F9N2O3. The summed E-state index contributed by atoms with van der Waals surface area (Å²) in [5.41, 5.74) is 1.72. The van der Waals surface area contributed by atoms with Crippen molar-refractivity contribution < 1.29 is 55.3 Å².